The van der Waals surface area contributed by atoms with Gasteiger partial charge in [-0.05, 0) is 42.0 Å². The molecule has 2 aromatic carbocycles. The molecule has 0 bridgehead atoms. The highest BCUT2D eigenvalue weighted by Gasteiger charge is 2.07. The molecule has 0 saturated carbocycles. The van der Waals surface area contributed by atoms with Crippen molar-refractivity contribution in [2.75, 3.05) is 7.11 Å². The van der Waals surface area contributed by atoms with Gasteiger partial charge >= 0.3 is 0 Å². The first-order valence-corrected chi connectivity index (χ1v) is 7.42. The quantitative estimate of drug-likeness (QED) is 0.913. The van der Waals surface area contributed by atoms with Crippen LogP contribution in [-0.2, 0) is 16.6 Å². The Kier molecular flexibility index (Phi) is 4.26. The van der Waals surface area contributed by atoms with Crippen molar-refractivity contribution < 1.29 is 17.9 Å². The number of rotatable bonds is 5. The van der Waals surface area contributed by atoms with E-state index in [2.05, 4.69) is 0 Å². The molecule has 0 atom stereocenters. The van der Waals surface area contributed by atoms with Gasteiger partial charge < -0.3 is 9.47 Å². The molecule has 0 aliphatic carbocycles. The van der Waals surface area contributed by atoms with Crippen molar-refractivity contribution in [3.8, 4) is 11.5 Å². The lowest BCUT2D eigenvalue weighted by atomic mass is 10.2. The van der Waals surface area contributed by atoms with E-state index < -0.39 is 10.0 Å². The van der Waals surface area contributed by atoms with Crippen molar-refractivity contribution in [3.63, 3.8) is 0 Å². The summed E-state index contributed by atoms with van der Waals surface area (Å²) in [5.74, 6) is 1.33. The highest BCUT2D eigenvalue weighted by atomic mass is 32.2. The predicted molar refractivity (Wildman–Crippen MR) is 75.1 cm³/mol. The molecule has 0 aliphatic heterocycles. The van der Waals surface area contributed by atoms with E-state index in [1.807, 2.05) is 24.3 Å². The number of hydrogen-bond donors (Lipinski definition) is 1. The minimum atomic E-state index is -3.67. The minimum absolute atomic E-state index is 0.0613. The maximum Gasteiger partial charge on any atom is 0.238 e. The van der Waals surface area contributed by atoms with E-state index in [1.165, 1.54) is 12.1 Å². The van der Waals surface area contributed by atoms with Gasteiger partial charge in [-0.15, -0.1) is 0 Å². The number of sulfonamides is 1. The summed E-state index contributed by atoms with van der Waals surface area (Å²) in [7, 11) is -2.06. The molecule has 0 saturated heterocycles. The zero-order chi connectivity index (χ0) is 14.6. The van der Waals surface area contributed by atoms with Crippen LogP contribution in [0.3, 0.4) is 0 Å². The molecule has 0 fully saturated rings. The van der Waals surface area contributed by atoms with Gasteiger partial charge in [0.1, 0.15) is 18.1 Å². The third-order valence-corrected chi connectivity index (χ3v) is 3.62. The molecule has 0 spiro atoms. The fourth-order valence-electron chi connectivity index (χ4n) is 1.65. The number of primary sulfonamides is 1. The fourth-order valence-corrected chi connectivity index (χ4v) is 2.17. The summed E-state index contributed by atoms with van der Waals surface area (Å²) in [6.45, 7) is 0.367. The van der Waals surface area contributed by atoms with Gasteiger partial charge in [-0.25, -0.2) is 13.6 Å². The average molecular weight is 293 g/mol. The maximum absolute atomic E-state index is 11.1. The van der Waals surface area contributed by atoms with Crippen LogP contribution >= 0.6 is 0 Å². The molecule has 0 heterocycles. The van der Waals surface area contributed by atoms with Crippen LogP contribution in [0.4, 0.5) is 0 Å². The van der Waals surface area contributed by atoms with Crippen LogP contribution in [0.1, 0.15) is 5.56 Å². The van der Waals surface area contributed by atoms with Crippen molar-refractivity contribution in [1.29, 1.82) is 0 Å². The van der Waals surface area contributed by atoms with Gasteiger partial charge in [0, 0.05) is 0 Å². The summed E-state index contributed by atoms with van der Waals surface area (Å²) in [6, 6.07) is 13.5. The zero-order valence-corrected chi connectivity index (χ0v) is 11.8. The normalized spacial score (nSPS) is 11.1. The van der Waals surface area contributed by atoms with Crippen LogP contribution in [0.25, 0.3) is 0 Å². The number of benzene rings is 2. The van der Waals surface area contributed by atoms with Crippen molar-refractivity contribution in [1.82, 2.24) is 0 Å². The lowest BCUT2D eigenvalue weighted by Crippen LogP contribution is -2.11. The Balaban J connectivity index is 2.04. The Morgan fingerprint density at radius 2 is 1.75 bits per heavy atom. The third kappa shape index (κ3) is 3.72. The highest BCUT2D eigenvalue weighted by Crippen LogP contribution is 2.18. The predicted octanol–water partition coefficient (Wildman–Crippen LogP) is 1.92. The second-order valence-corrected chi connectivity index (χ2v) is 5.72. The van der Waals surface area contributed by atoms with Gasteiger partial charge in [0.15, 0.2) is 0 Å². The Bertz CT molecular complexity index is 681. The van der Waals surface area contributed by atoms with Crippen LogP contribution < -0.4 is 14.6 Å². The molecule has 2 N–H and O–H groups in total. The average Bonchev–Trinajstić information content (AvgIpc) is 2.45. The smallest absolute Gasteiger partial charge is 0.238 e. The van der Waals surface area contributed by atoms with E-state index in [9.17, 15) is 8.42 Å². The van der Waals surface area contributed by atoms with Crippen molar-refractivity contribution in [2.45, 2.75) is 11.5 Å². The molecule has 0 amide bonds. The Morgan fingerprint density at radius 3 is 2.35 bits per heavy atom. The van der Waals surface area contributed by atoms with Crippen LogP contribution in [0.2, 0.25) is 0 Å². The van der Waals surface area contributed by atoms with Crippen molar-refractivity contribution in [3.05, 3.63) is 54.1 Å². The van der Waals surface area contributed by atoms with Crippen LogP contribution in [0.5, 0.6) is 11.5 Å². The van der Waals surface area contributed by atoms with E-state index in [0.29, 0.717) is 12.4 Å². The summed E-state index contributed by atoms with van der Waals surface area (Å²) in [6.07, 6.45) is 0. The van der Waals surface area contributed by atoms with E-state index >= 15 is 0 Å². The molecule has 0 aliphatic rings. The number of methoxy groups -OCH3 is 1. The van der Waals surface area contributed by atoms with Gasteiger partial charge in [-0.2, -0.15) is 0 Å². The molecule has 5 nitrogen and oxygen atoms in total. The summed E-state index contributed by atoms with van der Waals surface area (Å²) in [4.78, 5) is 0.0613. The Morgan fingerprint density at radius 1 is 1.05 bits per heavy atom. The molecule has 0 aromatic heterocycles. The molecule has 6 heteroatoms. The van der Waals surface area contributed by atoms with Gasteiger partial charge in [0.05, 0.1) is 12.0 Å². The second kappa shape index (κ2) is 5.94. The van der Waals surface area contributed by atoms with E-state index in [1.54, 1.807) is 19.2 Å². The van der Waals surface area contributed by atoms with Gasteiger partial charge in [-0.1, -0.05) is 12.1 Å². The summed E-state index contributed by atoms with van der Waals surface area (Å²) >= 11 is 0. The van der Waals surface area contributed by atoms with Crippen LogP contribution in [0.15, 0.2) is 53.4 Å². The fraction of sp³-hybridized carbons (Fsp3) is 0.143. The van der Waals surface area contributed by atoms with Gasteiger partial charge in [0.2, 0.25) is 10.0 Å². The highest BCUT2D eigenvalue weighted by molar-refractivity contribution is 7.89. The monoisotopic (exact) mass is 293 g/mol. The SMILES string of the molecule is COc1cccc(COc2ccc(S(N)(=O)=O)cc2)c1. The summed E-state index contributed by atoms with van der Waals surface area (Å²) in [5.41, 5.74) is 0.958. The number of nitrogens with two attached hydrogens (primary N) is 1. The molecule has 0 radical (unpaired) electrons. The Hall–Kier alpha value is -2.05. The van der Waals surface area contributed by atoms with Gasteiger partial charge in [0.25, 0.3) is 0 Å². The van der Waals surface area contributed by atoms with Gasteiger partial charge in [-0.3, -0.25) is 0 Å². The molecule has 0 unspecified atom stereocenters. The molecule has 106 valence electrons. The number of hydrogen-bond acceptors (Lipinski definition) is 4. The van der Waals surface area contributed by atoms with Crippen LogP contribution in [0, 0.1) is 0 Å². The topological polar surface area (TPSA) is 78.6 Å². The minimum Gasteiger partial charge on any atom is -0.497 e. The molecular weight excluding hydrogens is 278 g/mol. The Labute approximate surface area is 118 Å². The van der Waals surface area contributed by atoms with Crippen molar-refractivity contribution in [2.24, 2.45) is 5.14 Å². The molecule has 20 heavy (non-hydrogen) atoms. The van der Waals surface area contributed by atoms with E-state index in [-0.39, 0.29) is 4.90 Å². The first-order chi connectivity index (χ1) is 9.49. The van der Waals surface area contributed by atoms with Crippen molar-refractivity contribution >= 4 is 10.0 Å². The first kappa shape index (κ1) is 14.4. The maximum atomic E-state index is 11.1. The van der Waals surface area contributed by atoms with Crippen LogP contribution in [-0.4, -0.2) is 15.5 Å². The first-order valence-electron chi connectivity index (χ1n) is 5.87. The van der Waals surface area contributed by atoms with E-state index in [4.69, 9.17) is 14.6 Å². The molecule has 2 rings (SSSR count). The standard InChI is InChI=1S/C14H15NO4S/c1-18-13-4-2-3-11(9-13)10-19-12-5-7-14(8-6-12)20(15,16)17/h2-9H,10H2,1H3,(H2,15,16,17). The molecule has 2 aromatic rings. The summed E-state index contributed by atoms with van der Waals surface area (Å²) < 4.78 is 32.9. The third-order valence-electron chi connectivity index (χ3n) is 2.69. The lowest BCUT2D eigenvalue weighted by Gasteiger charge is -2.08. The lowest BCUT2D eigenvalue weighted by molar-refractivity contribution is 0.305. The second-order valence-electron chi connectivity index (χ2n) is 4.16. The molecular formula is C14H15NO4S. The van der Waals surface area contributed by atoms with E-state index in [0.717, 1.165) is 11.3 Å². The number of ether oxygens (including phenoxy) is 2. The summed E-state index contributed by atoms with van der Waals surface area (Å²) in [5, 5.41) is 5.02. The largest absolute Gasteiger partial charge is 0.497 e. The zero-order valence-electron chi connectivity index (χ0n) is 10.9.